The van der Waals surface area contributed by atoms with Gasteiger partial charge in [0.2, 0.25) is 0 Å². The van der Waals surface area contributed by atoms with Crippen LogP contribution in [0.5, 0.6) is 0 Å². The molecule has 0 radical (unpaired) electrons. The van der Waals surface area contributed by atoms with E-state index in [9.17, 15) is 0 Å². The van der Waals surface area contributed by atoms with Crippen LogP contribution in [0.25, 0.3) is 0 Å². The van der Waals surface area contributed by atoms with Crippen LogP contribution in [0.4, 0.5) is 0 Å². The normalized spacial score (nSPS) is 11.5. The fourth-order valence-corrected chi connectivity index (χ4v) is 1.87. The van der Waals surface area contributed by atoms with Gasteiger partial charge in [-0.05, 0) is 51.9 Å². The lowest BCUT2D eigenvalue weighted by atomic mass is 9.90. The summed E-state index contributed by atoms with van der Waals surface area (Å²) in [5.74, 6) is 0. The Morgan fingerprint density at radius 1 is 1.39 bits per heavy atom. The van der Waals surface area contributed by atoms with E-state index in [2.05, 4.69) is 28.9 Å². The van der Waals surface area contributed by atoms with Crippen LogP contribution in [-0.2, 0) is 6.54 Å². The number of hydrogen-bond donors (Lipinski definition) is 0. The Morgan fingerprint density at radius 3 is 2.72 bits per heavy atom. The van der Waals surface area contributed by atoms with E-state index in [0.29, 0.717) is 0 Å². The van der Waals surface area contributed by atoms with Crippen molar-refractivity contribution in [3.05, 3.63) is 30.1 Å². The van der Waals surface area contributed by atoms with Crippen LogP contribution < -0.4 is 0 Å². The van der Waals surface area contributed by atoms with Gasteiger partial charge in [0.1, 0.15) is 0 Å². The van der Waals surface area contributed by atoms with Crippen LogP contribution in [0, 0.1) is 16.7 Å². The van der Waals surface area contributed by atoms with Crippen molar-refractivity contribution in [3.8, 4) is 6.07 Å². The molecule has 0 saturated carbocycles. The molecular weight excluding hydrogens is 222 g/mol. The third-order valence-corrected chi connectivity index (χ3v) is 3.14. The lowest BCUT2D eigenvalue weighted by molar-refractivity contribution is 0.257. The van der Waals surface area contributed by atoms with Gasteiger partial charge in [-0.15, -0.1) is 0 Å². The van der Waals surface area contributed by atoms with Crippen molar-refractivity contribution < 1.29 is 0 Å². The van der Waals surface area contributed by atoms with Gasteiger partial charge in [-0.1, -0.05) is 13.0 Å². The Hall–Kier alpha value is -1.40. The molecule has 0 amide bonds. The largest absolute Gasteiger partial charge is 0.298 e. The van der Waals surface area contributed by atoms with Gasteiger partial charge in [-0.3, -0.25) is 9.88 Å². The quantitative estimate of drug-likeness (QED) is 0.740. The van der Waals surface area contributed by atoms with E-state index < -0.39 is 0 Å². The second kappa shape index (κ2) is 7.13. The first-order valence-corrected chi connectivity index (χ1v) is 6.61. The van der Waals surface area contributed by atoms with Gasteiger partial charge in [0.05, 0.1) is 17.2 Å². The van der Waals surface area contributed by atoms with E-state index in [1.54, 1.807) is 0 Å². The highest BCUT2D eigenvalue weighted by molar-refractivity contribution is 5.03. The Balaban J connectivity index is 2.37. The maximum atomic E-state index is 8.98. The van der Waals surface area contributed by atoms with Crippen LogP contribution in [-0.4, -0.2) is 23.0 Å². The zero-order chi connectivity index (χ0) is 13.4. The summed E-state index contributed by atoms with van der Waals surface area (Å²) < 4.78 is 0. The smallest absolute Gasteiger partial charge is 0.0683 e. The molecule has 3 nitrogen and oxygen atoms in total. The number of hydrogen-bond acceptors (Lipinski definition) is 3. The van der Waals surface area contributed by atoms with Gasteiger partial charge in [-0.2, -0.15) is 5.26 Å². The summed E-state index contributed by atoms with van der Waals surface area (Å²) in [6.45, 7) is 9.11. The van der Waals surface area contributed by atoms with Crippen LogP contribution in [0.15, 0.2) is 24.4 Å². The molecule has 0 atom stereocenters. The average molecular weight is 245 g/mol. The minimum atomic E-state index is -0.204. The average Bonchev–Trinajstić information content (AvgIpc) is 2.38. The lowest BCUT2D eigenvalue weighted by Crippen LogP contribution is -2.25. The fraction of sp³-hybridized carbons (Fsp3) is 0.600. The van der Waals surface area contributed by atoms with Crippen molar-refractivity contribution in [1.29, 1.82) is 5.26 Å². The van der Waals surface area contributed by atoms with Crippen LogP contribution >= 0.6 is 0 Å². The summed E-state index contributed by atoms with van der Waals surface area (Å²) in [7, 11) is 0. The Morgan fingerprint density at radius 2 is 2.17 bits per heavy atom. The van der Waals surface area contributed by atoms with E-state index in [-0.39, 0.29) is 5.41 Å². The molecule has 18 heavy (non-hydrogen) atoms. The molecule has 0 spiro atoms. The summed E-state index contributed by atoms with van der Waals surface area (Å²) in [5.41, 5.74) is 0.906. The summed E-state index contributed by atoms with van der Waals surface area (Å²) >= 11 is 0. The zero-order valence-corrected chi connectivity index (χ0v) is 11.7. The number of aromatic nitrogens is 1. The fourth-order valence-electron chi connectivity index (χ4n) is 1.87. The van der Waals surface area contributed by atoms with E-state index >= 15 is 0 Å². The molecule has 1 aromatic rings. The highest BCUT2D eigenvalue weighted by atomic mass is 15.1. The molecule has 1 rings (SSSR count). The van der Waals surface area contributed by atoms with Crippen LogP contribution in [0.3, 0.4) is 0 Å². The Labute approximate surface area is 110 Å². The van der Waals surface area contributed by atoms with Crippen LogP contribution in [0.2, 0.25) is 0 Å². The summed E-state index contributed by atoms with van der Waals surface area (Å²) in [6.07, 6.45) is 3.84. The second-order valence-electron chi connectivity index (χ2n) is 5.29. The number of nitriles is 1. The molecule has 1 aromatic heterocycles. The molecule has 0 aromatic carbocycles. The molecule has 0 aliphatic carbocycles. The molecule has 0 aliphatic heterocycles. The monoisotopic (exact) mass is 245 g/mol. The molecule has 0 unspecified atom stereocenters. The van der Waals surface area contributed by atoms with Crippen molar-refractivity contribution in [1.82, 2.24) is 9.88 Å². The van der Waals surface area contributed by atoms with Crippen LogP contribution in [0.1, 0.15) is 39.3 Å². The molecule has 98 valence electrons. The van der Waals surface area contributed by atoms with Crippen molar-refractivity contribution in [3.63, 3.8) is 0 Å². The van der Waals surface area contributed by atoms with Crippen molar-refractivity contribution in [2.75, 3.05) is 13.1 Å². The number of pyridine rings is 1. The summed E-state index contributed by atoms with van der Waals surface area (Å²) in [4.78, 5) is 6.72. The maximum absolute atomic E-state index is 8.98. The first kappa shape index (κ1) is 14.7. The molecular formula is C15H23N3. The molecule has 0 aliphatic rings. The van der Waals surface area contributed by atoms with E-state index in [1.807, 2.05) is 32.2 Å². The first-order chi connectivity index (χ1) is 8.57. The third-order valence-electron chi connectivity index (χ3n) is 3.14. The molecule has 1 heterocycles. The Kier molecular flexibility index (Phi) is 5.80. The minimum Gasteiger partial charge on any atom is -0.298 e. The maximum Gasteiger partial charge on any atom is 0.0683 e. The van der Waals surface area contributed by atoms with E-state index in [0.717, 1.165) is 38.2 Å². The van der Waals surface area contributed by atoms with Gasteiger partial charge in [-0.25, -0.2) is 0 Å². The molecule has 0 saturated heterocycles. The molecule has 0 bridgehead atoms. The standard InChI is InChI=1S/C15H23N3/c1-4-18(11-7-9-15(2,3)13-16)12-14-8-5-6-10-17-14/h5-6,8,10H,4,7,9,11-12H2,1-3H3. The van der Waals surface area contributed by atoms with E-state index in [1.165, 1.54) is 0 Å². The van der Waals surface area contributed by atoms with Gasteiger partial charge in [0, 0.05) is 12.7 Å². The molecule has 0 fully saturated rings. The van der Waals surface area contributed by atoms with Gasteiger partial charge in [0.25, 0.3) is 0 Å². The predicted octanol–water partition coefficient (Wildman–Crippen LogP) is 3.23. The van der Waals surface area contributed by atoms with Gasteiger partial charge < -0.3 is 0 Å². The highest BCUT2D eigenvalue weighted by Crippen LogP contribution is 2.20. The van der Waals surface area contributed by atoms with Gasteiger partial charge >= 0.3 is 0 Å². The minimum absolute atomic E-state index is 0.204. The summed E-state index contributed by atoms with van der Waals surface area (Å²) in [6, 6.07) is 8.37. The Bertz CT molecular complexity index is 378. The van der Waals surface area contributed by atoms with Crippen molar-refractivity contribution in [2.45, 2.75) is 40.2 Å². The predicted molar refractivity (Wildman–Crippen MR) is 73.8 cm³/mol. The molecule has 0 N–H and O–H groups in total. The highest BCUT2D eigenvalue weighted by Gasteiger charge is 2.16. The first-order valence-electron chi connectivity index (χ1n) is 6.61. The zero-order valence-electron chi connectivity index (χ0n) is 11.7. The number of nitrogens with zero attached hydrogens (tertiary/aromatic N) is 3. The van der Waals surface area contributed by atoms with Crippen molar-refractivity contribution in [2.24, 2.45) is 5.41 Å². The van der Waals surface area contributed by atoms with Gasteiger partial charge in [0.15, 0.2) is 0 Å². The van der Waals surface area contributed by atoms with E-state index in [4.69, 9.17) is 5.26 Å². The lowest BCUT2D eigenvalue weighted by Gasteiger charge is -2.22. The number of rotatable bonds is 7. The summed E-state index contributed by atoms with van der Waals surface area (Å²) in [5, 5.41) is 8.98. The third kappa shape index (κ3) is 5.29. The SMILES string of the molecule is CCN(CCCC(C)(C)C#N)Cc1ccccn1. The van der Waals surface area contributed by atoms with Crippen molar-refractivity contribution >= 4 is 0 Å². The topological polar surface area (TPSA) is 39.9 Å². The second-order valence-corrected chi connectivity index (χ2v) is 5.29. The molecule has 3 heteroatoms.